The Kier molecular flexibility index (Phi) is 4.26. The molecule has 2 rings (SSSR count). The summed E-state index contributed by atoms with van der Waals surface area (Å²) in [5.41, 5.74) is 1.14. The van der Waals surface area contributed by atoms with Crippen molar-refractivity contribution in [2.45, 2.75) is 20.8 Å². The maximum Gasteiger partial charge on any atom is 0.0900 e. The zero-order valence-electron chi connectivity index (χ0n) is 8.69. The minimum absolute atomic E-state index is 1.09. The van der Waals surface area contributed by atoms with Gasteiger partial charge in [-0.25, -0.2) is 4.98 Å². The lowest BCUT2D eigenvalue weighted by atomic mass is 10.3. The number of aromatic nitrogens is 2. The number of rotatable bonds is 1. The molecule has 2 aromatic rings. The molecule has 2 heterocycles. The molecule has 2 nitrogen and oxygen atoms in total. The molecule has 0 amide bonds. The average Bonchev–Trinajstić information content (AvgIpc) is 2.69. The van der Waals surface area contributed by atoms with Gasteiger partial charge in [0.25, 0.3) is 0 Å². The van der Waals surface area contributed by atoms with E-state index in [1.54, 1.807) is 17.5 Å². The summed E-state index contributed by atoms with van der Waals surface area (Å²) in [6.07, 6.45) is 5.52. The van der Waals surface area contributed by atoms with Gasteiger partial charge in [-0.3, -0.25) is 4.98 Å². The normalized spacial score (nSPS) is 9.07. The van der Waals surface area contributed by atoms with Crippen LogP contribution in [-0.4, -0.2) is 9.97 Å². The zero-order chi connectivity index (χ0) is 10.4. The van der Waals surface area contributed by atoms with E-state index < -0.39 is 0 Å². The lowest BCUT2D eigenvalue weighted by Gasteiger charge is -1.91. The molecule has 0 saturated carbocycles. The smallest absolute Gasteiger partial charge is 0.0900 e. The van der Waals surface area contributed by atoms with Gasteiger partial charge in [0.1, 0.15) is 0 Å². The quantitative estimate of drug-likeness (QED) is 0.713. The molecule has 74 valence electrons. The third-order valence-electron chi connectivity index (χ3n) is 1.57. The summed E-state index contributed by atoms with van der Waals surface area (Å²) in [6.45, 7) is 6.00. The summed E-state index contributed by atoms with van der Waals surface area (Å²) in [6, 6.07) is 3.98. The number of aryl methyl sites for hydroxylation is 1. The van der Waals surface area contributed by atoms with Gasteiger partial charge in [-0.1, -0.05) is 19.9 Å². The van der Waals surface area contributed by atoms with Crippen molar-refractivity contribution in [2.75, 3.05) is 0 Å². The van der Waals surface area contributed by atoms with Gasteiger partial charge >= 0.3 is 0 Å². The van der Waals surface area contributed by atoms with E-state index in [2.05, 4.69) is 9.97 Å². The molecule has 0 aromatic carbocycles. The predicted molar refractivity (Wildman–Crippen MR) is 61.4 cm³/mol. The second-order valence-corrected chi connectivity index (χ2v) is 3.72. The predicted octanol–water partition coefficient (Wildman–Crippen LogP) is 3.54. The molecule has 0 radical (unpaired) electrons. The second kappa shape index (κ2) is 5.50. The molecule has 2 aromatic heterocycles. The van der Waals surface area contributed by atoms with E-state index in [0.29, 0.717) is 0 Å². The highest BCUT2D eigenvalue weighted by Gasteiger charge is 1.99. The zero-order valence-corrected chi connectivity index (χ0v) is 9.51. The molecule has 14 heavy (non-hydrogen) atoms. The van der Waals surface area contributed by atoms with Gasteiger partial charge in [-0.15, -0.1) is 11.3 Å². The molecular weight excluding hydrogens is 192 g/mol. The van der Waals surface area contributed by atoms with Crippen molar-refractivity contribution < 1.29 is 0 Å². The van der Waals surface area contributed by atoms with Crippen LogP contribution >= 0.6 is 11.3 Å². The molecule has 0 unspecified atom stereocenters. The molecule has 0 spiro atoms. The summed E-state index contributed by atoms with van der Waals surface area (Å²) < 4.78 is 0. The van der Waals surface area contributed by atoms with Crippen molar-refractivity contribution in [3.8, 4) is 10.4 Å². The van der Waals surface area contributed by atoms with Crippen molar-refractivity contribution in [2.24, 2.45) is 0 Å². The minimum atomic E-state index is 1.09. The molecular formula is C11H14N2S. The first kappa shape index (κ1) is 10.9. The van der Waals surface area contributed by atoms with Crippen LogP contribution in [0.1, 0.15) is 18.9 Å². The first-order valence-electron chi connectivity index (χ1n) is 4.69. The van der Waals surface area contributed by atoms with Gasteiger partial charge in [-0.2, -0.15) is 0 Å². The van der Waals surface area contributed by atoms with Crippen molar-refractivity contribution in [1.29, 1.82) is 0 Å². The fourth-order valence-electron chi connectivity index (χ4n) is 1.00. The molecule has 0 bridgehead atoms. The maximum atomic E-state index is 4.18. The van der Waals surface area contributed by atoms with Crippen LogP contribution in [0.4, 0.5) is 0 Å². The Labute approximate surface area is 88.7 Å². The Hall–Kier alpha value is -1.22. The number of nitrogens with zero attached hydrogens (tertiary/aromatic N) is 2. The summed E-state index contributed by atoms with van der Waals surface area (Å²) in [4.78, 5) is 9.41. The first-order chi connectivity index (χ1) is 6.86. The fourth-order valence-corrected chi connectivity index (χ4v) is 1.77. The number of thiazole rings is 1. The molecule has 0 aliphatic carbocycles. The van der Waals surface area contributed by atoms with E-state index in [1.807, 2.05) is 45.3 Å². The summed E-state index contributed by atoms with van der Waals surface area (Å²) in [5.74, 6) is 0. The van der Waals surface area contributed by atoms with Crippen LogP contribution in [0.25, 0.3) is 10.4 Å². The van der Waals surface area contributed by atoms with Crippen LogP contribution in [-0.2, 0) is 0 Å². The molecule has 3 heteroatoms. The van der Waals surface area contributed by atoms with E-state index >= 15 is 0 Å². The number of hydrogen-bond donors (Lipinski definition) is 0. The van der Waals surface area contributed by atoms with Crippen molar-refractivity contribution >= 4 is 11.3 Å². The highest BCUT2D eigenvalue weighted by molar-refractivity contribution is 7.15. The van der Waals surface area contributed by atoms with Crippen LogP contribution in [0.5, 0.6) is 0 Å². The van der Waals surface area contributed by atoms with Gasteiger partial charge in [0.05, 0.1) is 9.88 Å². The van der Waals surface area contributed by atoms with Gasteiger partial charge in [0.15, 0.2) is 0 Å². The first-order valence-corrected chi connectivity index (χ1v) is 5.51. The van der Waals surface area contributed by atoms with E-state index in [1.165, 1.54) is 4.88 Å². The largest absolute Gasteiger partial charge is 0.264 e. The molecule has 0 atom stereocenters. The van der Waals surface area contributed by atoms with Gasteiger partial charge in [0.2, 0.25) is 0 Å². The summed E-state index contributed by atoms with van der Waals surface area (Å²) >= 11 is 1.69. The summed E-state index contributed by atoms with van der Waals surface area (Å²) in [5, 5.41) is 1.09. The van der Waals surface area contributed by atoms with Crippen LogP contribution in [0.3, 0.4) is 0 Å². The Morgan fingerprint density at radius 3 is 2.50 bits per heavy atom. The minimum Gasteiger partial charge on any atom is -0.264 e. The van der Waals surface area contributed by atoms with Gasteiger partial charge in [0, 0.05) is 24.2 Å². The van der Waals surface area contributed by atoms with Gasteiger partial charge in [-0.05, 0) is 13.0 Å². The molecule has 0 aliphatic rings. The number of hydrogen-bond acceptors (Lipinski definition) is 3. The topological polar surface area (TPSA) is 25.8 Å². The maximum absolute atomic E-state index is 4.18. The SMILES string of the molecule is CC.Cc1ncc(-c2cccnc2)s1. The molecule has 0 fully saturated rings. The average molecular weight is 206 g/mol. The van der Waals surface area contributed by atoms with Crippen LogP contribution in [0.15, 0.2) is 30.7 Å². The van der Waals surface area contributed by atoms with Crippen LogP contribution in [0.2, 0.25) is 0 Å². The monoisotopic (exact) mass is 206 g/mol. The van der Waals surface area contributed by atoms with Crippen molar-refractivity contribution in [1.82, 2.24) is 9.97 Å². The third-order valence-corrected chi connectivity index (χ3v) is 2.53. The molecule has 0 saturated heterocycles. The molecule has 0 aliphatic heterocycles. The Bertz CT molecular complexity index is 368. The molecule has 0 N–H and O–H groups in total. The standard InChI is InChI=1S/C9H8N2S.C2H6/c1-7-11-6-9(12-7)8-3-2-4-10-5-8;1-2/h2-6H,1H3;1-2H3. The Morgan fingerprint density at radius 2 is 2.00 bits per heavy atom. The lowest BCUT2D eigenvalue weighted by Crippen LogP contribution is -1.72. The second-order valence-electron chi connectivity index (χ2n) is 2.49. The van der Waals surface area contributed by atoms with E-state index in [9.17, 15) is 0 Å². The van der Waals surface area contributed by atoms with E-state index in [4.69, 9.17) is 0 Å². The lowest BCUT2D eigenvalue weighted by molar-refractivity contribution is 1.29. The van der Waals surface area contributed by atoms with E-state index in [-0.39, 0.29) is 0 Å². The third kappa shape index (κ3) is 2.64. The highest BCUT2D eigenvalue weighted by Crippen LogP contribution is 2.24. The number of pyridine rings is 1. The summed E-state index contributed by atoms with van der Waals surface area (Å²) in [7, 11) is 0. The van der Waals surface area contributed by atoms with Crippen LogP contribution < -0.4 is 0 Å². The van der Waals surface area contributed by atoms with Crippen LogP contribution in [0, 0.1) is 6.92 Å². The fraction of sp³-hybridized carbons (Fsp3) is 0.273. The Morgan fingerprint density at radius 1 is 1.21 bits per heavy atom. The van der Waals surface area contributed by atoms with E-state index in [0.717, 1.165) is 10.6 Å². The van der Waals surface area contributed by atoms with Crippen molar-refractivity contribution in [3.63, 3.8) is 0 Å². The van der Waals surface area contributed by atoms with Gasteiger partial charge < -0.3 is 0 Å². The van der Waals surface area contributed by atoms with Crippen molar-refractivity contribution in [3.05, 3.63) is 35.7 Å². The Balaban J connectivity index is 0.000000461. The highest BCUT2D eigenvalue weighted by atomic mass is 32.1.